The second-order valence-electron chi connectivity index (χ2n) is 6.80. The van der Waals surface area contributed by atoms with Crippen molar-refractivity contribution in [2.45, 2.75) is 20.0 Å². The minimum atomic E-state index is -0.399. The average molecular weight is 408 g/mol. The largest absolute Gasteiger partial charge is 0.465 e. The van der Waals surface area contributed by atoms with Gasteiger partial charge in [0.15, 0.2) is 0 Å². The smallest absolute Gasteiger partial charge is 0.337 e. The molecule has 8 nitrogen and oxygen atoms in total. The van der Waals surface area contributed by atoms with E-state index in [1.54, 1.807) is 42.5 Å². The van der Waals surface area contributed by atoms with Crippen LogP contribution >= 0.6 is 0 Å². The number of esters is 1. The number of likely N-dealkylation sites (N-methyl/N-ethyl adjacent to an activating group) is 1. The van der Waals surface area contributed by atoms with Crippen molar-refractivity contribution in [1.82, 2.24) is 20.2 Å². The number of benzene rings is 2. The number of ether oxygens (including phenoxy) is 1. The molecule has 0 unspecified atom stereocenters. The predicted octanol–water partition coefficient (Wildman–Crippen LogP) is 1.85. The Balaban J connectivity index is 1.57. The van der Waals surface area contributed by atoms with Crippen LogP contribution in [0.5, 0.6) is 0 Å². The van der Waals surface area contributed by atoms with Crippen molar-refractivity contribution < 1.29 is 14.3 Å². The molecule has 0 atom stereocenters. The molecule has 2 aromatic carbocycles. The molecular weight excluding hydrogens is 384 g/mol. The fraction of sp³-hybridized carbons (Fsp3) is 0.273. The number of nitrogens with one attached hydrogen (secondary N) is 2. The van der Waals surface area contributed by atoms with Gasteiger partial charge in [0.25, 0.3) is 5.56 Å². The van der Waals surface area contributed by atoms with Crippen molar-refractivity contribution in [3.63, 3.8) is 0 Å². The van der Waals surface area contributed by atoms with Crippen LogP contribution in [0.1, 0.15) is 28.7 Å². The van der Waals surface area contributed by atoms with Gasteiger partial charge in [-0.2, -0.15) is 0 Å². The molecule has 0 aliphatic carbocycles. The lowest BCUT2D eigenvalue weighted by atomic mass is 10.1. The quantitative estimate of drug-likeness (QED) is 0.551. The summed E-state index contributed by atoms with van der Waals surface area (Å²) >= 11 is 0. The Morgan fingerprint density at radius 1 is 1.13 bits per heavy atom. The minimum Gasteiger partial charge on any atom is -0.465 e. The van der Waals surface area contributed by atoms with E-state index in [1.165, 1.54) is 7.11 Å². The first-order valence-electron chi connectivity index (χ1n) is 9.64. The van der Waals surface area contributed by atoms with Gasteiger partial charge in [0.2, 0.25) is 5.91 Å². The maximum absolute atomic E-state index is 12.4. The molecule has 0 saturated heterocycles. The maximum atomic E-state index is 12.4. The molecule has 8 heteroatoms. The molecule has 1 amide bonds. The Morgan fingerprint density at radius 2 is 1.87 bits per heavy atom. The molecular formula is C22H24N4O4. The summed E-state index contributed by atoms with van der Waals surface area (Å²) in [7, 11) is 1.33. The third-order valence-corrected chi connectivity index (χ3v) is 4.71. The predicted molar refractivity (Wildman–Crippen MR) is 113 cm³/mol. The van der Waals surface area contributed by atoms with E-state index < -0.39 is 5.97 Å². The number of nitrogens with zero attached hydrogens (tertiary/aromatic N) is 2. The van der Waals surface area contributed by atoms with Crippen LogP contribution in [0.3, 0.4) is 0 Å². The molecule has 3 rings (SSSR count). The lowest BCUT2D eigenvalue weighted by molar-refractivity contribution is -0.122. The number of carbonyl (C=O) groups excluding carboxylic acids is 2. The van der Waals surface area contributed by atoms with Crippen LogP contribution < -0.4 is 10.9 Å². The van der Waals surface area contributed by atoms with E-state index in [2.05, 4.69) is 20.0 Å². The summed E-state index contributed by atoms with van der Waals surface area (Å²) < 4.78 is 4.67. The Hall–Kier alpha value is -3.52. The van der Waals surface area contributed by atoms with Gasteiger partial charge in [-0.05, 0) is 36.4 Å². The van der Waals surface area contributed by atoms with E-state index in [-0.39, 0.29) is 18.0 Å². The number of carbonyl (C=O) groups is 2. The van der Waals surface area contributed by atoms with Gasteiger partial charge < -0.3 is 15.0 Å². The van der Waals surface area contributed by atoms with Crippen molar-refractivity contribution in [1.29, 1.82) is 0 Å². The summed E-state index contributed by atoms with van der Waals surface area (Å²) in [5, 5.41) is 3.41. The van der Waals surface area contributed by atoms with Crippen molar-refractivity contribution in [2.24, 2.45) is 0 Å². The number of aromatic nitrogens is 2. The second kappa shape index (κ2) is 9.80. The summed E-state index contributed by atoms with van der Waals surface area (Å²) in [5.74, 6) is -0.0201. The van der Waals surface area contributed by atoms with Crippen molar-refractivity contribution in [2.75, 3.05) is 20.2 Å². The van der Waals surface area contributed by atoms with E-state index in [1.807, 2.05) is 17.9 Å². The average Bonchev–Trinajstić information content (AvgIpc) is 2.77. The molecule has 1 heterocycles. The highest BCUT2D eigenvalue weighted by Gasteiger charge is 2.12. The van der Waals surface area contributed by atoms with Gasteiger partial charge in [0, 0.05) is 6.54 Å². The van der Waals surface area contributed by atoms with Crippen molar-refractivity contribution in [3.8, 4) is 0 Å². The molecule has 0 spiro atoms. The van der Waals surface area contributed by atoms with Gasteiger partial charge in [-0.25, -0.2) is 9.78 Å². The SMILES string of the molecule is CCN(CC(=O)NCc1ccc(C(=O)OC)cc1)Cc1nc2ccccc2c(=O)[nH]1. The minimum absolute atomic E-state index is 0.142. The first kappa shape index (κ1) is 21.2. The zero-order valence-electron chi connectivity index (χ0n) is 17.0. The molecule has 0 radical (unpaired) electrons. The van der Waals surface area contributed by atoms with Crippen molar-refractivity contribution >= 4 is 22.8 Å². The van der Waals surface area contributed by atoms with Crippen LogP contribution in [0.4, 0.5) is 0 Å². The fourth-order valence-corrected chi connectivity index (χ4v) is 3.04. The van der Waals surface area contributed by atoms with Gasteiger partial charge in [0.05, 0.1) is 36.7 Å². The van der Waals surface area contributed by atoms with E-state index in [9.17, 15) is 14.4 Å². The van der Waals surface area contributed by atoms with Gasteiger partial charge in [0.1, 0.15) is 5.82 Å². The molecule has 2 N–H and O–H groups in total. The Labute approximate surface area is 173 Å². The molecule has 156 valence electrons. The highest BCUT2D eigenvalue weighted by Crippen LogP contribution is 2.08. The van der Waals surface area contributed by atoms with Gasteiger partial charge >= 0.3 is 5.97 Å². The topological polar surface area (TPSA) is 104 Å². The summed E-state index contributed by atoms with van der Waals surface area (Å²) in [6.07, 6.45) is 0. The lowest BCUT2D eigenvalue weighted by Crippen LogP contribution is -2.37. The first-order chi connectivity index (χ1) is 14.5. The van der Waals surface area contributed by atoms with Crippen LogP contribution in [0.2, 0.25) is 0 Å². The van der Waals surface area contributed by atoms with Gasteiger partial charge in [-0.15, -0.1) is 0 Å². The number of hydrogen-bond acceptors (Lipinski definition) is 6. The maximum Gasteiger partial charge on any atom is 0.337 e. The van der Waals surface area contributed by atoms with E-state index in [0.29, 0.717) is 41.9 Å². The monoisotopic (exact) mass is 408 g/mol. The van der Waals surface area contributed by atoms with Crippen LogP contribution in [0.15, 0.2) is 53.3 Å². The van der Waals surface area contributed by atoms with Gasteiger partial charge in [-0.3, -0.25) is 14.5 Å². The van der Waals surface area contributed by atoms with Crippen LogP contribution in [-0.4, -0.2) is 46.9 Å². The van der Waals surface area contributed by atoms with Crippen LogP contribution in [0.25, 0.3) is 10.9 Å². The highest BCUT2D eigenvalue weighted by atomic mass is 16.5. The number of methoxy groups -OCH3 is 1. The third-order valence-electron chi connectivity index (χ3n) is 4.71. The third kappa shape index (κ3) is 5.30. The van der Waals surface area contributed by atoms with Crippen LogP contribution in [-0.2, 0) is 22.6 Å². The number of H-pyrrole nitrogens is 1. The molecule has 0 aliphatic rings. The summed E-state index contributed by atoms with van der Waals surface area (Å²) in [6, 6.07) is 14.0. The molecule has 0 fully saturated rings. The highest BCUT2D eigenvalue weighted by molar-refractivity contribution is 5.89. The summed E-state index contributed by atoms with van der Waals surface area (Å²) in [6.45, 7) is 3.45. The zero-order chi connectivity index (χ0) is 21.5. The Morgan fingerprint density at radius 3 is 2.57 bits per heavy atom. The number of rotatable bonds is 8. The Bertz CT molecular complexity index is 1090. The molecule has 1 aromatic heterocycles. The molecule has 3 aromatic rings. The number of aromatic amines is 1. The lowest BCUT2D eigenvalue weighted by Gasteiger charge is -2.19. The van der Waals surface area contributed by atoms with E-state index in [4.69, 9.17) is 0 Å². The number of para-hydroxylation sites is 1. The standard InChI is InChI=1S/C22H24N4O4/c1-3-26(13-19-24-18-7-5-4-6-17(18)21(28)25-19)14-20(27)23-12-15-8-10-16(11-9-15)22(29)30-2/h4-11H,3,12-14H2,1-2H3,(H,23,27)(H,24,25,28). The van der Waals surface area contributed by atoms with E-state index >= 15 is 0 Å². The van der Waals surface area contributed by atoms with Crippen molar-refractivity contribution in [3.05, 3.63) is 75.8 Å². The fourth-order valence-electron chi connectivity index (χ4n) is 3.04. The summed E-state index contributed by atoms with van der Waals surface area (Å²) in [5.41, 5.74) is 1.78. The number of amides is 1. The first-order valence-corrected chi connectivity index (χ1v) is 9.64. The molecule has 0 aliphatic heterocycles. The normalized spacial score (nSPS) is 10.9. The van der Waals surface area contributed by atoms with E-state index in [0.717, 1.165) is 5.56 Å². The molecule has 0 bridgehead atoms. The number of hydrogen-bond donors (Lipinski definition) is 2. The summed E-state index contributed by atoms with van der Waals surface area (Å²) in [4.78, 5) is 45.2. The molecule has 30 heavy (non-hydrogen) atoms. The van der Waals surface area contributed by atoms with Gasteiger partial charge in [-0.1, -0.05) is 31.2 Å². The zero-order valence-corrected chi connectivity index (χ0v) is 17.0. The van der Waals surface area contributed by atoms with Crippen LogP contribution in [0, 0.1) is 0 Å². The Kier molecular flexibility index (Phi) is 6.92. The number of fused-ring (bicyclic) bond motifs is 1. The second-order valence-corrected chi connectivity index (χ2v) is 6.80. The molecule has 0 saturated carbocycles.